The largest absolute Gasteiger partial charge is 0.377 e. The fraction of sp³-hybridized carbons (Fsp3) is 0.600. The number of hydrogen-bond donors (Lipinski definition) is 0. The van der Waals surface area contributed by atoms with E-state index < -0.39 is 0 Å². The summed E-state index contributed by atoms with van der Waals surface area (Å²) in [7, 11) is 1.65. The van der Waals surface area contributed by atoms with Gasteiger partial charge in [-0.1, -0.05) is 11.3 Å². The third kappa shape index (κ3) is 2.88. The van der Waals surface area contributed by atoms with E-state index in [2.05, 4.69) is 20.2 Å². The van der Waals surface area contributed by atoms with E-state index in [9.17, 15) is 4.79 Å². The van der Waals surface area contributed by atoms with Crippen LogP contribution in [0.5, 0.6) is 0 Å². The third-order valence-electron chi connectivity index (χ3n) is 4.41. The van der Waals surface area contributed by atoms with Crippen molar-refractivity contribution < 1.29 is 4.74 Å². The second kappa shape index (κ2) is 6.01. The van der Waals surface area contributed by atoms with Crippen LogP contribution in [-0.4, -0.2) is 40.2 Å². The van der Waals surface area contributed by atoms with Crippen LogP contribution in [0.15, 0.2) is 10.9 Å². The van der Waals surface area contributed by atoms with Gasteiger partial charge >= 0.3 is 0 Å². The van der Waals surface area contributed by atoms with Crippen molar-refractivity contribution in [2.24, 2.45) is 5.92 Å². The first-order valence-corrected chi connectivity index (χ1v) is 8.71. The van der Waals surface area contributed by atoms with E-state index in [1.165, 1.54) is 0 Å². The number of hydrogen-bond acceptors (Lipinski definition) is 7. The quantitative estimate of drug-likeness (QED) is 0.808. The zero-order valence-corrected chi connectivity index (χ0v) is 13.9. The van der Waals surface area contributed by atoms with Crippen LogP contribution < -0.4 is 10.5 Å². The fourth-order valence-corrected chi connectivity index (χ4v) is 4.04. The van der Waals surface area contributed by atoms with E-state index in [0.717, 1.165) is 53.7 Å². The first-order chi connectivity index (χ1) is 11.2. The van der Waals surface area contributed by atoms with Gasteiger partial charge in [0.05, 0.1) is 12.2 Å². The number of aryl methyl sites for hydroxylation is 2. The molecular formula is C15H19N5O2S. The highest BCUT2D eigenvalue weighted by molar-refractivity contribution is 7.15. The lowest BCUT2D eigenvalue weighted by Crippen LogP contribution is -2.49. The van der Waals surface area contributed by atoms with Crippen molar-refractivity contribution in [3.63, 3.8) is 0 Å². The lowest BCUT2D eigenvalue weighted by molar-refractivity contribution is 0.184. The summed E-state index contributed by atoms with van der Waals surface area (Å²) < 4.78 is 6.71. The predicted octanol–water partition coefficient (Wildman–Crippen LogP) is 0.866. The maximum atomic E-state index is 12.1. The molecule has 0 atom stereocenters. The van der Waals surface area contributed by atoms with E-state index in [1.807, 2.05) is 0 Å². The van der Waals surface area contributed by atoms with Gasteiger partial charge in [0.2, 0.25) is 5.13 Å². The lowest BCUT2D eigenvalue weighted by atomic mass is 10.0. The zero-order chi connectivity index (χ0) is 15.8. The fourth-order valence-electron chi connectivity index (χ4n) is 3.21. The molecule has 2 aliphatic rings. The third-order valence-corrected chi connectivity index (χ3v) is 5.36. The summed E-state index contributed by atoms with van der Waals surface area (Å²) in [5.41, 5.74) is 2.28. The molecule has 0 unspecified atom stereocenters. The van der Waals surface area contributed by atoms with Gasteiger partial charge in [0.1, 0.15) is 11.6 Å². The van der Waals surface area contributed by atoms with E-state index in [4.69, 9.17) is 4.74 Å². The summed E-state index contributed by atoms with van der Waals surface area (Å²) in [4.78, 5) is 14.3. The molecule has 3 heterocycles. The molecule has 0 spiro atoms. The van der Waals surface area contributed by atoms with E-state index >= 15 is 0 Å². The smallest absolute Gasteiger partial charge is 0.267 e. The van der Waals surface area contributed by atoms with E-state index in [0.29, 0.717) is 19.1 Å². The molecule has 2 aromatic heterocycles. The Bertz CT molecular complexity index is 765. The summed E-state index contributed by atoms with van der Waals surface area (Å²) in [6, 6.07) is 1.77. The number of fused-ring (bicyclic) bond motifs is 1. The van der Waals surface area contributed by atoms with Crippen LogP contribution in [0.3, 0.4) is 0 Å². The lowest BCUT2D eigenvalue weighted by Gasteiger charge is -2.38. The zero-order valence-electron chi connectivity index (χ0n) is 13.1. The normalized spacial score (nSPS) is 17.3. The molecule has 0 saturated carbocycles. The minimum absolute atomic E-state index is 0.0300. The number of nitrogens with zero attached hydrogens (tertiary/aromatic N) is 5. The van der Waals surface area contributed by atoms with Crippen molar-refractivity contribution in [1.82, 2.24) is 20.0 Å². The maximum absolute atomic E-state index is 12.1. The van der Waals surface area contributed by atoms with Gasteiger partial charge in [0.15, 0.2) is 0 Å². The Labute approximate surface area is 137 Å². The molecule has 7 nitrogen and oxygen atoms in total. The van der Waals surface area contributed by atoms with Gasteiger partial charge in [-0.15, -0.1) is 10.2 Å². The molecule has 0 bridgehead atoms. The van der Waals surface area contributed by atoms with Gasteiger partial charge in [-0.05, 0) is 24.8 Å². The highest BCUT2D eigenvalue weighted by Crippen LogP contribution is 2.28. The topological polar surface area (TPSA) is 73.1 Å². The summed E-state index contributed by atoms with van der Waals surface area (Å²) in [5.74, 6) is 0.439. The van der Waals surface area contributed by atoms with Crippen LogP contribution >= 0.6 is 11.3 Å². The summed E-state index contributed by atoms with van der Waals surface area (Å²) in [6.45, 7) is 2.98. The molecule has 0 aromatic carbocycles. The Balaban J connectivity index is 1.38. The van der Waals surface area contributed by atoms with Crippen molar-refractivity contribution in [1.29, 1.82) is 0 Å². The van der Waals surface area contributed by atoms with Gasteiger partial charge in [-0.3, -0.25) is 4.79 Å². The molecule has 1 aliphatic heterocycles. The maximum Gasteiger partial charge on any atom is 0.267 e. The van der Waals surface area contributed by atoms with Crippen molar-refractivity contribution in [3.8, 4) is 0 Å². The second-order valence-corrected chi connectivity index (χ2v) is 7.21. The standard InChI is InChI=1S/C15H19N5O2S/c1-22-9-13-16-17-15(23-13)19-6-10(7-19)8-20-14(21)5-11-3-2-4-12(11)18-20/h5,10H,2-4,6-9H2,1H3. The SMILES string of the molecule is COCc1nnc(N2CC(Cn3nc4c(cc3=O)CCC4)C2)s1. The molecule has 1 saturated heterocycles. The average molecular weight is 333 g/mol. The molecule has 122 valence electrons. The number of aromatic nitrogens is 4. The molecule has 23 heavy (non-hydrogen) atoms. The van der Waals surface area contributed by atoms with Crippen LogP contribution in [0.1, 0.15) is 22.7 Å². The summed E-state index contributed by atoms with van der Waals surface area (Å²) in [5, 5.41) is 14.7. The van der Waals surface area contributed by atoms with Gasteiger partial charge in [0.25, 0.3) is 5.56 Å². The van der Waals surface area contributed by atoms with Crippen LogP contribution in [0.25, 0.3) is 0 Å². The first kappa shape index (κ1) is 14.8. The summed E-state index contributed by atoms with van der Waals surface area (Å²) >= 11 is 1.56. The molecular weight excluding hydrogens is 314 g/mol. The predicted molar refractivity (Wildman–Crippen MR) is 86.8 cm³/mol. The van der Waals surface area contributed by atoms with Crippen molar-refractivity contribution >= 4 is 16.5 Å². The van der Waals surface area contributed by atoms with Crippen molar-refractivity contribution in [3.05, 3.63) is 32.7 Å². The van der Waals surface area contributed by atoms with E-state index in [-0.39, 0.29) is 5.56 Å². The number of ether oxygens (including phenoxy) is 1. The Kier molecular flexibility index (Phi) is 3.86. The van der Waals surface area contributed by atoms with Gasteiger partial charge in [-0.2, -0.15) is 5.10 Å². The second-order valence-electron chi connectivity index (χ2n) is 6.17. The average Bonchev–Trinajstić information content (AvgIpc) is 3.11. The summed E-state index contributed by atoms with van der Waals surface area (Å²) in [6.07, 6.45) is 3.11. The highest BCUT2D eigenvalue weighted by Gasteiger charge is 2.30. The van der Waals surface area contributed by atoms with Gasteiger partial charge in [0, 0.05) is 32.2 Å². The van der Waals surface area contributed by atoms with Gasteiger partial charge < -0.3 is 9.64 Å². The van der Waals surface area contributed by atoms with Gasteiger partial charge in [-0.25, -0.2) is 4.68 Å². The molecule has 0 N–H and O–H groups in total. The number of rotatable bonds is 5. The van der Waals surface area contributed by atoms with Crippen LogP contribution in [0.4, 0.5) is 5.13 Å². The Morgan fingerprint density at radius 1 is 1.35 bits per heavy atom. The van der Waals surface area contributed by atoms with Crippen LogP contribution in [0.2, 0.25) is 0 Å². The molecule has 0 amide bonds. The minimum Gasteiger partial charge on any atom is -0.377 e. The number of methoxy groups -OCH3 is 1. The Morgan fingerprint density at radius 2 is 2.22 bits per heavy atom. The van der Waals surface area contributed by atoms with Crippen molar-refractivity contribution in [2.45, 2.75) is 32.4 Å². The first-order valence-electron chi connectivity index (χ1n) is 7.89. The minimum atomic E-state index is 0.0300. The Morgan fingerprint density at radius 3 is 3.04 bits per heavy atom. The Hall–Kier alpha value is -1.80. The molecule has 1 fully saturated rings. The highest BCUT2D eigenvalue weighted by atomic mass is 32.1. The monoisotopic (exact) mass is 333 g/mol. The molecule has 4 rings (SSSR count). The van der Waals surface area contributed by atoms with Crippen molar-refractivity contribution in [2.75, 3.05) is 25.1 Å². The van der Waals surface area contributed by atoms with Crippen LogP contribution in [-0.2, 0) is 30.7 Å². The molecule has 8 heteroatoms. The number of anilines is 1. The van der Waals surface area contributed by atoms with Crippen LogP contribution in [0, 0.1) is 5.92 Å². The van der Waals surface area contributed by atoms with E-state index in [1.54, 1.807) is 29.2 Å². The molecule has 1 aliphatic carbocycles. The molecule has 2 aromatic rings. The molecule has 0 radical (unpaired) electrons.